The van der Waals surface area contributed by atoms with Gasteiger partial charge in [-0.1, -0.05) is 12.1 Å². The summed E-state index contributed by atoms with van der Waals surface area (Å²) in [5.41, 5.74) is 1.96. The van der Waals surface area contributed by atoms with Crippen molar-refractivity contribution in [1.82, 2.24) is 15.4 Å². The van der Waals surface area contributed by atoms with Crippen LogP contribution in [-0.4, -0.2) is 29.7 Å². The number of hydrogen-bond acceptors (Lipinski definition) is 7. The molecule has 4 rings (SSSR count). The molecule has 4 aromatic rings. The number of para-hydroxylation sites is 1. The largest absolute Gasteiger partial charge is 0.455 e. The van der Waals surface area contributed by atoms with Crippen LogP contribution in [0.3, 0.4) is 0 Å². The molecule has 2 aromatic heterocycles. The summed E-state index contributed by atoms with van der Waals surface area (Å²) in [4.78, 5) is 7.68. The number of furan rings is 1. The van der Waals surface area contributed by atoms with Crippen molar-refractivity contribution < 1.29 is 26.0 Å². The first-order chi connectivity index (χ1) is 17.6. The van der Waals surface area contributed by atoms with Gasteiger partial charge in [-0.3, -0.25) is 5.43 Å². The standard InChI is InChI=1S/C23H17F3N6O3S2/c24-23(25,26)18-4-1-2-5-19(18)30-22(36)31-29-14-16-8-11-20(35-16)15-6-9-17(10-7-15)37(33,34)32-21-27-12-3-13-28-21/h1-14H,(H,27,28,32)(H2,30,31,36)/b29-14-. The maximum atomic E-state index is 13.1. The molecule has 0 amide bonds. The molecule has 0 radical (unpaired) electrons. The van der Waals surface area contributed by atoms with Crippen LogP contribution in [0.15, 0.2) is 93.5 Å². The van der Waals surface area contributed by atoms with Crippen LogP contribution in [0.1, 0.15) is 11.3 Å². The highest BCUT2D eigenvalue weighted by atomic mass is 32.2. The lowest BCUT2D eigenvalue weighted by atomic mass is 10.2. The fourth-order valence-corrected chi connectivity index (χ4v) is 4.17. The van der Waals surface area contributed by atoms with Crippen LogP contribution in [0.2, 0.25) is 0 Å². The first-order valence-electron chi connectivity index (χ1n) is 10.4. The van der Waals surface area contributed by atoms with Crippen molar-refractivity contribution in [2.45, 2.75) is 11.1 Å². The molecule has 3 N–H and O–H groups in total. The van der Waals surface area contributed by atoms with E-state index in [9.17, 15) is 21.6 Å². The third-order valence-electron chi connectivity index (χ3n) is 4.71. The van der Waals surface area contributed by atoms with Crippen molar-refractivity contribution in [3.05, 3.63) is 90.4 Å². The van der Waals surface area contributed by atoms with Crippen LogP contribution in [0.25, 0.3) is 11.3 Å². The lowest BCUT2D eigenvalue weighted by molar-refractivity contribution is -0.136. The SMILES string of the molecule is O=S(=O)(Nc1ncccn1)c1ccc(-c2ccc(/C=N\NC(=S)Nc3ccccc3C(F)(F)F)o2)cc1. The van der Waals surface area contributed by atoms with Crippen molar-refractivity contribution in [1.29, 1.82) is 0 Å². The van der Waals surface area contributed by atoms with Crippen LogP contribution in [0, 0.1) is 0 Å². The number of anilines is 2. The Morgan fingerprint density at radius 3 is 2.38 bits per heavy atom. The maximum Gasteiger partial charge on any atom is 0.418 e. The molecule has 2 heterocycles. The minimum atomic E-state index is -4.54. The maximum absolute atomic E-state index is 13.1. The fourth-order valence-electron chi connectivity index (χ4n) is 3.05. The summed E-state index contributed by atoms with van der Waals surface area (Å²) < 4.78 is 72.3. The minimum Gasteiger partial charge on any atom is -0.455 e. The van der Waals surface area contributed by atoms with E-state index in [1.807, 2.05) is 0 Å². The smallest absolute Gasteiger partial charge is 0.418 e. The van der Waals surface area contributed by atoms with Gasteiger partial charge in [0.15, 0.2) is 5.11 Å². The van der Waals surface area contributed by atoms with Crippen LogP contribution in [0.4, 0.5) is 24.8 Å². The number of aromatic nitrogens is 2. The second-order valence-corrected chi connectivity index (χ2v) is 9.36. The molecule has 0 saturated carbocycles. The van der Waals surface area contributed by atoms with Gasteiger partial charge in [-0.2, -0.15) is 18.3 Å². The number of alkyl halides is 3. The lowest BCUT2D eigenvalue weighted by Gasteiger charge is -2.14. The highest BCUT2D eigenvalue weighted by Crippen LogP contribution is 2.34. The molecule has 0 saturated heterocycles. The van der Waals surface area contributed by atoms with Crippen molar-refractivity contribution in [3.63, 3.8) is 0 Å². The lowest BCUT2D eigenvalue weighted by Crippen LogP contribution is -2.25. The molecule has 0 fully saturated rings. The Morgan fingerprint density at radius 1 is 0.973 bits per heavy atom. The molecule has 190 valence electrons. The van der Waals surface area contributed by atoms with E-state index in [1.54, 1.807) is 30.3 Å². The Morgan fingerprint density at radius 2 is 1.68 bits per heavy atom. The molecule has 9 nitrogen and oxygen atoms in total. The molecule has 0 atom stereocenters. The van der Waals surface area contributed by atoms with E-state index >= 15 is 0 Å². The summed E-state index contributed by atoms with van der Waals surface area (Å²) >= 11 is 5.00. The van der Waals surface area contributed by atoms with E-state index in [1.165, 1.54) is 48.9 Å². The van der Waals surface area contributed by atoms with Gasteiger partial charge >= 0.3 is 6.18 Å². The monoisotopic (exact) mass is 546 g/mol. The van der Waals surface area contributed by atoms with Crippen molar-refractivity contribution in [2.24, 2.45) is 5.10 Å². The third-order valence-corrected chi connectivity index (χ3v) is 6.24. The second kappa shape index (κ2) is 10.8. The highest BCUT2D eigenvalue weighted by molar-refractivity contribution is 7.92. The molecule has 0 aliphatic heterocycles. The summed E-state index contributed by atoms with van der Waals surface area (Å²) in [6.45, 7) is 0. The number of nitrogens with one attached hydrogen (secondary N) is 3. The molecular formula is C23H17F3N6O3S2. The predicted molar refractivity (Wildman–Crippen MR) is 135 cm³/mol. The van der Waals surface area contributed by atoms with Gasteiger partial charge in [-0.25, -0.2) is 23.1 Å². The zero-order valence-corrected chi connectivity index (χ0v) is 20.2. The van der Waals surface area contributed by atoms with E-state index in [0.717, 1.165) is 6.07 Å². The number of hydrazone groups is 1. The van der Waals surface area contributed by atoms with Gasteiger partial charge in [0.25, 0.3) is 10.0 Å². The summed E-state index contributed by atoms with van der Waals surface area (Å²) in [7, 11) is -3.88. The molecule has 0 unspecified atom stereocenters. The molecule has 2 aromatic carbocycles. The quantitative estimate of drug-likeness (QED) is 0.170. The van der Waals surface area contributed by atoms with Gasteiger partial charge < -0.3 is 9.73 Å². The Balaban J connectivity index is 1.37. The zero-order valence-electron chi connectivity index (χ0n) is 18.6. The Bertz CT molecular complexity index is 1520. The van der Waals surface area contributed by atoms with Crippen LogP contribution >= 0.6 is 12.2 Å². The molecule has 0 aliphatic rings. The number of sulfonamides is 1. The summed E-state index contributed by atoms with van der Waals surface area (Å²) in [6, 6.07) is 15.7. The van der Waals surface area contributed by atoms with Crippen LogP contribution in [-0.2, 0) is 16.2 Å². The molecule has 0 bridgehead atoms. The fraction of sp³-hybridized carbons (Fsp3) is 0.0435. The van der Waals surface area contributed by atoms with Crippen molar-refractivity contribution >= 4 is 45.2 Å². The van der Waals surface area contributed by atoms with E-state index < -0.39 is 21.8 Å². The number of rotatable bonds is 7. The normalized spacial score (nSPS) is 11.9. The molecule has 0 spiro atoms. The molecule has 0 aliphatic carbocycles. The van der Waals surface area contributed by atoms with E-state index in [0.29, 0.717) is 17.1 Å². The van der Waals surface area contributed by atoms with E-state index in [4.69, 9.17) is 16.6 Å². The topological polar surface area (TPSA) is 122 Å². The zero-order chi connectivity index (χ0) is 26.5. The van der Waals surface area contributed by atoms with Gasteiger partial charge in [0.2, 0.25) is 5.95 Å². The number of hydrogen-bond donors (Lipinski definition) is 3. The minimum absolute atomic E-state index is 0.00866. The van der Waals surface area contributed by atoms with Crippen LogP contribution in [0.5, 0.6) is 0 Å². The third kappa shape index (κ3) is 6.68. The average molecular weight is 547 g/mol. The Labute approximate surface area is 214 Å². The number of benzene rings is 2. The first kappa shape index (κ1) is 25.8. The highest BCUT2D eigenvalue weighted by Gasteiger charge is 2.33. The number of halogens is 3. The van der Waals surface area contributed by atoms with Gasteiger partial charge in [0.1, 0.15) is 11.5 Å². The Hall–Kier alpha value is -4.30. The average Bonchev–Trinajstić information content (AvgIpc) is 3.33. The first-order valence-corrected chi connectivity index (χ1v) is 12.3. The Kier molecular flexibility index (Phi) is 7.50. The predicted octanol–water partition coefficient (Wildman–Crippen LogP) is 4.88. The van der Waals surface area contributed by atoms with Crippen LogP contribution < -0.4 is 15.5 Å². The van der Waals surface area contributed by atoms with E-state index in [-0.39, 0.29) is 21.6 Å². The van der Waals surface area contributed by atoms with Gasteiger partial charge in [0.05, 0.1) is 22.4 Å². The summed E-state index contributed by atoms with van der Waals surface area (Å²) in [5, 5.41) is 6.18. The van der Waals surface area contributed by atoms with Gasteiger partial charge in [-0.15, -0.1) is 0 Å². The van der Waals surface area contributed by atoms with Crippen molar-refractivity contribution in [2.75, 3.05) is 10.0 Å². The van der Waals surface area contributed by atoms with E-state index in [2.05, 4.69) is 30.5 Å². The van der Waals surface area contributed by atoms with Gasteiger partial charge in [-0.05, 0) is 66.8 Å². The molecule has 37 heavy (non-hydrogen) atoms. The summed E-state index contributed by atoms with van der Waals surface area (Å²) in [6.07, 6.45) is -0.422. The number of thiocarbonyl (C=S) groups is 1. The van der Waals surface area contributed by atoms with Crippen molar-refractivity contribution in [3.8, 4) is 11.3 Å². The molecule has 14 heteroatoms. The molecular weight excluding hydrogens is 529 g/mol. The van der Waals surface area contributed by atoms with Gasteiger partial charge in [0, 0.05) is 18.0 Å². The number of nitrogens with zero attached hydrogens (tertiary/aromatic N) is 3. The second-order valence-electron chi connectivity index (χ2n) is 7.27. The summed E-state index contributed by atoms with van der Waals surface area (Å²) in [5.74, 6) is 0.708.